The Morgan fingerprint density at radius 1 is 1.04 bits per heavy atom. The molecule has 6 atom stereocenters. The molecule has 1 nitrogen and oxygen atoms in total. The minimum absolute atomic E-state index is 0.0411. The van der Waals surface area contributed by atoms with Crippen LogP contribution in [0.1, 0.15) is 104 Å². The highest BCUT2D eigenvalue weighted by Gasteiger charge is 2.53. The van der Waals surface area contributed by atoms with Crippen molar-refractivity contribution in [1.29, 1.82) is 0 Å². The minimum Gasteiger partial charge on any atom is -0.393 e. The van der Waals surface area contributed by atoms with Crippen LogP contribution in [0.3, 0.4) is 0 Å². The maximum absolute atomic E-state index is 10.2. The molecule has 0 bridgehead atoms. The average molecular weight is 383 g/mol. The average Bonchev–Trinajstić information content (AvgIpc) is 3.29. The summed E-state index contributed by atoms with van der Waals surface area (Å²) >= 11 is 0. The lowest BCUT2D eigenvalue weighted by Gasteiger charge is -2.54. The molecule has 5 aliphatic rings. The Morgan fingerprint density at radius 2 is 1.82 bits per heavy atom. The van der Waals surface area contributed by atoms with Gasteiger partial charge in [0.1, 0.15) is 0 Å². The molecule has 2 saturated carbocycles. The molecule has 0 aliphatic heterocycles. The molecule has 0 aromatic heterocycles. The van der Waals surface area contributed by atoms with Crippen LogP contribution in [0.25, 0.3) is 0 Å². The Hall–Kier alpha value is -0.560. The molecule has 0 saturated heterocycles. The standard InChI is InChI=1S/C27H42O/c1-18(16-19-6-4-5-7-19)23-10-11-24-22-9-8-20-17-21(28)12-14-26(20,2)25(22)13-15-27(23,24)3/h11,18-21,23,28H,4-10,12-17H2,1-3H3/t18-,20?,21?,23-,26+,27-/m1/s1. The fourth-order valence-corrected chi connectivity index (χ4v) is 8.67. The van der Waals surface area contributed by atoms with E-state index in [1.54, 1.807) is 11.1 Å². The fourth-order valence-electron chi connectivity index (χ4n) is 8.67. The summed E-state index contributed by atoms with van der Waals surface area (Å²) in [6.07, 6.45) is 20.0. The molecule has 0 amide bonds. The Kier molecular flexibility index (Phi) is 4.85. The summed E-state index contributed by atoms with van der Waals surface area (Å²) in [6, 6.07) is 0. The zero-order chi connectivity index (χ0) is 19.5. The summed E-state index contributed by atoms with van der Waals surface area (Å²) in [5, 5.41) is 10.2. The van der Waals surface area contributed by atoms with Crippen molar-refractivity contribution in [3.63, 3.8) is 0 Å². The van der Waals surface area contributed by atoms with Crippen LogP contribution in [0.5, 0.6) is 0 Å². The molecule has 156 valence electrons. The van der Waals surface area contributed by atoms with Crippen LogP contribution in [0, 0.1) is 34.5 Å². The van der Waals surface area contributed by atoms with Gasteiger partial charge in [-0.3, -0.25) is 0 Å². The Labute approximate surface area is 173 Å². The molecule has 0 spiro atoms. The second-order valence-corrected chi connectivity index (χ2v) is 11.8. The van der Waals surface area contributed by atoms with E-state index < -0.39 is 0 Å². The third-order valence-corrected chi connectivity index (χ3v) is 10.3. The first-order chi connectivity index (χ1) is 13.4. The highest BCUT2D eigenvalue weighted by atomic mass is 16.3. The van der Waals surface area contributed by atoms with Crippen LogP contribution in [0.2, 0.25) is 0 Å². The number of fused-ring (bicyclic) bond motifs is 4. The van der Waals surface area contributed by atoms with Crippen LogP contribution in [-0.4, -0.2) is 11.2 Å². The summed E-state index contributed by atoms with van der Waals surface area (Å²) in [5.74, 6) is 3.49. The van der Waals surface area contributed by atoms with Gasteiger partial charge in [0.25, 0.3) is 0 Å². The van der Waals surface area contributed by atoms with Crippen LogP contribution in [0.15, 0.2) is 22.8 Å². The fraction of sp³-hybridized carbons (Fsp3) is 0.852. The van der Waals surface area contributed by atoms with Crippen LogP contribution >= 0.6 is 0 Å². The number of hydrogen-bond acceptors (Lipinski definition) is 1. The number of rotatable bonds is 3. The van der Waals surface area contributed by atoms with Gasteiger partial charge < -0.3 is 5.11 Å². The van der Waals surface area contributed by atoms with Crippen molar-refractivity contribution in [2.24, 2.45) is 34.5 Å². The van der Waals surface area contributed by atoms with E-state index in [2.05, 4.69) is 26.8 Å². The molecule has 2 unspecified atom stereocenters. The second kappa shape index (κ2) is 7.00. The van der Waals surface area contributed by atoms with Crippen molar-refractivity contribution in [2.45, 2.75) is 110 Å². The van der Waals surface area contributed by atoms with Gasteiger partial charge in [-0.2, -0.15) is 0 Å². The summed E-state index contributed by atoms with van der Waals surface area (Å²) in [7, 11) is 0. The van der Waals surface area contributed by atoms with Crippen molar-refractivity contribution in [2.75, 3.05) is 0 Å². The number of hydrogen-bond donors (Lipinski definition) is 1. The van der Waals surface area contributed by atoms with E-state index in [1.807, 2.05) is 5.57 Å². The smallest absolute Gasteiger partial charge is 0.0543 e. The van der Waals surface area contributed by atoms with Crippen molar-refractivity contribution >= 4 is 0 Å². The molecule has 28 heavy (non-hydrogen) atoms. The van der Waals surface area contributed by atoms with Crippen molar-refractivity contribution < 1.29 is 5.11 Å². The highest BCUT2D eigenvalue weighted by molar-refractivity contribution is 5.49. The molecule has 0 radical (unpaired) electrons. The zero-order valence-corrected chi connectivity index (χ0v) is 18.6. The van der Waals surface area contributed by atoms with Gasteiger partial charge >= 0.3 is 0 Å². The zero-order valence-electron chi connectivity index (χ0n) is 18.6. The highest BCUT2D eigenvalue weighted by Crippen LogP contribution is 2.64. The molecule has 0 heterocycles. The maximum atomic E-state index is 10.2. The lowest BCUT2D eigenvalue weighted by molar-refractivity contribution is 0.0224. The lowest BCUT2D eigenvalue weighted by Crippen LogP contribution is -2.44. The first-order valence-corrected chi connectivity index (χ1v) is 12.5. The van der Waals surface area contributed by atoms with E-state index in [0.29, 0.717) is 10.8 Å². The molecule has 5 rings (SSSR count). The topological polar surface area (TPSA) is 20.2 Å². The molecule has 0 aromatic carbocycles. The third-order valence-electron chi connectivity index (χ3n) is 10.3. The summed E-state index contributed by atoms with van der Waals surface area (Å²) in [5.41, 5.74) is 6.21. The van der Waals surface area contributed by atoms with Gasteiger partial charge in [-0.25, -0.2) is 0 Å². The van der Waals surface area contributed by atoms with Crippen LogP contribution < -0.4 is 0 Å². The van der Waals surface area contributed by atoms with Crippen LogP contribution in [0.4, 0.5) is 0 Å². The third kappa shape index (κ3) is 2.90. The van der Waals surface area contributed by atoms with Gasteiger partial charge in [0.2, 0.25) is 0 Å². The summed E-state index contributed by atoms with van der Waals surface area (Å²) in [6.45, 7) is 7.76. The first kappa shape index (κ1) is 19.4. The Bertz CT molecular complexity index is 680. The van der Waals surface area contributed by atoms with Gasteiger partial charge in [0.15, 0.2) is 0 Å². The minimum atomic E-state index is -0.0411. The molecule has 0 aromatic rings. The van der Waals surface area contributed by atoms with E-state index in [1.165, 1.54) is 70.6 Å². The second-order valence-electron chi connectivity index (χ2n) is 11.8. The summed E-state index contributed by atoms with van der Waals surface area (Å²) in [4.78, 5) is 0. The van der Waals surface area contributed by atoms with Gasteiger partial charge in [-0.05, 0) is 103 Å². The van der Waals surface area contributed by atoms with E-state index in [0.717, 1.165) is 36.5 Å². The van der Waals surface area contributed by atoms with Gasteiger partial charge in [0.05, 0.1) is 6.10 Å². The predicted octanol–water partition coefficient (Wildman–Crippen LogP) is 7.21. The number of aliphatic hydroxyl groups is 1. The Balaban J connectivity index is 1.39. The molecular formula is C27H42O. The molecule has 2 fully saturated rings. The van der Waals surface area contributed by atoms with Gasteiger partial charge in [-0.1, -0.05) is 58.1 Å². The van der Waals surface area contributed by atoms with E-state index in [9.17, 15) is 5.11 Å². The quantitative estimate of drug-likeness (QED) is 0.547. The largest absolute Gasteiger partial charge is 0.393 e. The monoisotopic (exact) mass is 382 g/mol. The molecule has 5 aliphatic carbocycles. The number of allylic oxidation sites excluding steroid dienone is 4. The lowest BCUT2D eigenvalue weighted by atomic mass is 9.51. The molecule has 1 heteroatoms. The van der Waals surface area contributed by atoms with Crippen molar-refractivity contribution in [3.05, 3.63) is 22.8 Å². The molecular weight excluding hydrogens is 340 g/mol. The van der Waals surface area contributed by atoms with E-state index in [4.69, 9.17) is 0 Å². The van der Waals surface area contributed by atoms with Crippen molar-refractivity contribution in [3.8, 4) is 0 Å². The Morgan fingerprint density at radius 3 is 2.61 bits per heavy atom. The van der Waals surface area contributed by atoms with Gasteiger partial charge in [0, 0.05) is 0 Å². The van der Waals surface area contributed by atoms with E-state index >= 15 is 0 Å². The normalized spacial score (nSPS) is 44.7. The first-order valence-electron chi connectivity index (χ1n) is 12.5. The van der Waals surface area contributed by atoms with Crippen LogP contribution in [-0.2, 0) is 0 Å². The van der Waals surface area contributed by atoms with Crippen molar-refractivity contribution in [1.82, 2.24) is 0 Å². The number of aliphatic hydroxyl groups excluding tert-OH is 1. The maximum Gasteiger partial charge on any atom is 0.0543 e. The van der Waals surface area contributed by atoms with E-state index in [-0.39, 0.29) is 6.10 Å². The predicted molar refractivity (Wildman–Crippen MR) is 117 cm³/mol. The van der Waals surface area contributed by atoms with Gasteiger partial charge in [-0.15, -0.1) is 0 Å². The SMILES string of the molecule is C[C@H](CC1CCCC1)[C@H]1CC=C2C3=C(CC[C@@]21C)[C@@]1(C)CCC(O)CC1CC3. The molecule has 1 N–H and O–H groups in total. The summed E-state index contributed by atoms with van der Waals surface area (Å²) < 4.78 is 0.